The summed E-state index contributed by atoms with van der Waals surface area (Å²) in [5.41, 5.74) is 1.76. The second kappa shape index (κ2) is 8.45. The molecule has 1 aromatic carbocycles. The van der Waals surface area contributed by atoms with Crippen LogP contribution in [0.1, 0.15) is 24.8 Å². The molecule has 4 rings (SSSR count). The lowest BCUT2D eigenvalue weighted by atomic mass is 9.94. The first-order chi connectivity index (χ1) is 13.6. The molecule has 28 heavy (non-hydrogen) atoms. The van der Waals surface area contributed by atoms with E-state index in [2.05, 4.69) is 9.88 Å². The zero-order valence-electron chi connectivity index (χ0n) is 16.5. The monoisotopic (exact) mass is 403 g/mol. The average Bonchev–Trinajstić information content (AvgIpc) is 2.73. The number of fused-ring (bicyclic) bond motifs is 1. The number of hydrogen-bond acceptors (Lipinski definition) is 5. The van der Waals surface area contributed by atoms with Gasteiger partial charge in [0.25, 0.3) is 0 Å². The quantitative estimate of drug-likeness (QED) is 0.768. The number of hydrogen-bond donors (Lipinski definition) is 0. The Labute approximate surface area is 167 Å². The van der Waals surface area contributed by atoms with Crippen molar-refractivity contribution >= 4 is 20.9 Å². The van der Waals surface area contributed by atoms with Gasteiger partial charge in [-0.15, -0.1) is 0 Å². The van der Waals surface area contributed by atoms with Crippen molar-refractivity contribution in [2.75, 3.05) is 45.9 Å². The first-order valence-corrected chi connectivity index (χ1v) is 11.6. The fourth-order valence-corrected chi connectivity index (χ4v) is 5.93. The Balaban J connectivity index is 1.42. The zero-order chi connectivity index (χ0) is 19.6. The van der Waals surface area contributed by atoms with Crippen LogP contribution in [0, 0.1) is 12.8 Å². The molecule has 0 saturated carbocycles. The summed E-state index contributed by atoms with van der Waals surface area (Å²) >= 11 is 0. The van der Waals surface area contributed by atoms with Gasteiger partial charge in [-0.1, -0.05) is 6.07 Å². The molecule has 0 spiro atoms. The SMILES string of the molecule is Cc1ccc(S(=O)(=O)N2CCC(CCN3CCOCC3)CC2)c2cccnc12. The van der Waals surface area contributed by atoms with Crippen molar-refractivity contribution in [3.63, 3.8) is 0 Å². The highest BCUT2D eigenvalue weighted by molar-refractivity contribution is 7.89. The third-order valence-electron chi connectivity index (χ3n) is 6.08. The van der Waals surface area contributed by atoms with Crippen LogP contribution >= 0.6 is 0 Å². The van der Waals surface area contributed by atoms with Gasteiger partial charge in [0.05, 0.1) is 23.6 Å². The van der Waals surface area contributed by atoms with Gasteiger partial charge in [0.2, 0.25) is 10.0 Å². The maximum atomic E-state index is 13.3. The summed E-state index contributed by atoms with van der Waals surface area (Å²) in [5.74, 6) is 0.603. The summed E-state index contributed by atoms with van der Waals surface area (Å²) in [6.07, 6.45) is 4.73. The van der Waals surface area contributed by atoms with E-state index in [0.717, 1.165) is 68.6 Å². The molecule has 2 fully saturated rings. The first-order valence-electron chi connectivity index (χ1n) is 10.2. The molecular formula is C21H29N3O3S. The average molecular weight is 404 g/mol. The number of rotatable bonds is 5. The van der Waals surface area contributed by atoms with Crippen molar-refractivity contribution in [1.29, 1.82) is 0 Å². The summed E-state index contributed by atoms with van der Waals surface area (Å²) in [4.78, 5) is 7.22. The van der Waals surface area contributed by atoms with Gasteiger partial charge in [0.15, 0.2) is 0 Å². The number of piperidine rings is 1. The summed E-state index contributed by atoms with van der Waals surface area (Å²) < 4.78 is 33.7. The molecule has 0 aliphatic carbocycles. The molecule has 2 aliphatic rings. The van der Waals surface area contributed by atoms with E-state index >= 15 is 0 Å². The Morgan fingerprint density at radius 2 is 1.86 bits per heavy atom. The molecule has 0 N–H and O–H groups in total. The predicted octanol–water partition coefficient (Wildman–Crippen LogP) is 2.67. The number of aromatic nitrogens is 1. The van der Waals surface area contributed by atoms with Crippen molar-refractivity contribution in [1.82, 2.24) is 14.2 Å². The molecule has 0 unspecified atom stereocenters. The Bertz CT molecular complexity index is 918. The molecule has 2 aliphatic heterocycles. The minimum atomic E-state index is -3.50. The molecule has 2 saturated heterocycles. The predicted molar refractivity (Wildman–Crippen MR) is 110 cm³/mol. The third kappa shape index (κ3) is 4.08. The lowest BCUT2D eigenvalue weighted by Gasteiger charge is -2.33. The summed E-state index contributed by atoms with van der Waals surface area (Å²) in [7, 11) is -3.50. The molecular weight excluding hydrogens is 374 g/mol. The molecule has 2 aromatic rings. The van der Waals surface area contributed by atoms with Crippen LogP contribution in [-0.4, -0.2) is 68.5 Å². The minimum absolute atomic E-state index is 0.382. The van der Waals surface area contributed by atoms with E-state index in [1.165, 1.54) is 0 Å². The summed E-state index contributed by atoms with van der Waals surface area (Å²) in [6, 6.07) is 7.26. The second-order valence-corrected chi connectivity index (χ2v) is 9.78. The van der Waals surface area contributed by atoms with E-state index in [0.29, 0.717) is 23.9 Å². The number of ether oxygens (including phenoxy) is 1. The Morgan fingerprint density at radius 3 is 2.61 bits per heavy atom. The summed E-state index contributed by atoms with van der Waals surface area (Å²) in [5, 5.41) is 0.719. The van der Waals surface area contributed by atoms with E-state index in [1.807, 2.05) is 19.1 Å². The van der Waals surface area contributed by atoms with Gasteiger partial charge in [-0.2, -0.15) is 4.31 Å². The lowest BCUT2D eigenvalue weighted by molar-refractivity contribution is 0.0343. The molecule has 0 radical (unpaired) electrons. The van der Waals surface area contributed by atoms with Gasteiger partial charge < -0.3 is 4.74 Å². The smallest absolute Gasteiger partial charge is 0.243 e. The van der Waals surface area contributed by atoms with E-state index in [9.17, 15) is 8.42 Å². The van der Waals surface area contributed by atoms with Crippen molar-refractivity contribution in [2.45, 2.75) is 31.1 Å². The lowest BCUT2D eigenvalue weighted by Crippen LogP contribution is -2.40. The Kier molecular flexibility index (Phi) is 5.96. The van der Waals surface area contributed by atoms with E-state index < -0.39 is 10.0 Å². The van der Waals surface area contributed by atoms with E-state index in [4.69, 9.17) is 4.74 Å². The van der Waals surface area contributed by atoms with Crippen LogP contribution in [0.15, 0.2) is 35.4 Å². The van der Waals surface area contributed by atoms with Gasteiger partial charge >= 0.3 is 0 Å². The van der Waals surface area contributed by atoms with Crippen molar-refractivity contribution < 1.29 is 13.2 Å². The van der Waals surface area contributed by atoms with Gasteiger partial charge in [-0.25, -0.2) is 8.42 Å². The van der Waals surface area contributed by atoms with Gasteiger partial charge in [-0.05, 0) is 62.4 Å². The maximum Gasteiger partial charge on any atom is 0.243 e. The van der Waals surface area contributed by atoms with Gasteiger partial charge in [0, 0.05) is 37.8 Å². The fraction of sp³-hybridized carbons (Fsp3) is 0.571. The van der Waals surface area contributed by atoms with Crippen LogP contribution in [0.2, 0.25) is 0 Å². The largest absolute Gasteiger partial charge is 0.379 e. The second-order valence-electron chi connectivity index (χ2n) is 7.87. The summed E-state index contributed by atoms with van der Waals surface area (Å²) in [6.45, 7) is 7.95. The minimum Gasteiger partial charge on any atom is -0.379 e. The zero-order valence-corrected chi connectivity index (χ0v) is 17.3. The highest BCUT2D eigenvalue weighted by atomic mass is 32.2. The van der Waals surface area contributed by atoms with Gasteiger partial charge in [0.1, 0.15) is 0 Å². The normalized spacial score (nSPS) is 20.6. The van der Waals surface area contributed by atoms with Crippen molar-refractivity contribution in [2.24, 2.45) is 5.92 Å². The van der Waals surface area contributed by atoms with Crippen molar-refractivity contribution in [3.05, 3.63) is 36.0 Å². The van der Waals surface area contributed by atoms with E-state index in [-0.39, 0.29) is 0 Å². The maximum absolute atomic E-state index is 13.3. The fourth-order valence-electron chi connectivity index (χ4n) is 4.28. The molecule has 152 valence electrons. The van der Waals surface area contributed by atoms with Gasteiger partial charge in [-0.3, -0.25) is 9.88 Å². The molecule has 0 atom stereocenters. The van der Waals surface area contributed by atoms with Crippen LogP contribution in [0.3, 0.4) is 0 Å². The van der Waals surface area contributed by atoms with Crippen LogP contribution in [0.25, 0.3) is 10.9 Å². The van der Waals surface area contributed by atoms with Crippen LogP contribution < -0.4 is 0 Å². The topological polar surface area (TPSA) is 62.7 Å². The van der Waals surface area contributed by atoms with E-state index in [1.54, 1.807) is 22.6 Å². The highest BCUT2D eigenvalue weighted by Gasteiger charge is 2.31. The van der Waals surface area contributed by atoms with Crippen LogP contribution in [-0.2, 0) is 14.8 Å². The molecule has 6 nitrogen and oxygen atoms in total. The number of sulfonamides is 1. The Hall–Kier alpha value is -1.54. The highest BCUT2D eigenvalue weighted by Crippen LogP contribution is 2.30. The Morgan fingerprint density at radius 1 is 1.11 bits per heavy atom. The third-order valence-corrected chi connectivity index (χ3v) is 8.04. The first kappa shape index (κ1) is 19.8. The number of pyridine rings is 1. The molecule has 1 aromatic heterocycles. The number of aryl methyl sites for hydroxylation is 1. The van der Waals surface area contributed by atoms with Crippen LogP contribution in [0.5, 0.6) is 0 Å². The number of morpholine rings is 1. The standard InChI is InChI=1S/C21H29N3O3S/c1-17-4-5-20(19-3-2-9-22-21(17)19)28(25,26)24-11-7-18(8-12-24)6-10-23-13-15-27-16-14-23/h2-5,9,18H,6-8,10-16H2,1H3. The molecule has 7 heteroatoms. The van der Waals surface area contributed by atoms with Crippen molar-refractivity contribution in [3.8, 4) is 0 Å². The van der Waals surface area contributed by atoms with Crippen LogP contribution in [0.4, 0.5) is 0 Å². The molecule has 0 bridgehead atoms. The number of benzene rings is 1. The molecule has 3 heterocycles. The molecule has 0 amide bonds. The number of nitrogens with zero attached hydrogens (tertiary/aromatic N) is 3.